The zero-order valence-corrected chi connectivity index (χ0v) is 9.99. The molecule has 0 radical (unpaired) electrons. The summed E-state index contributed by atoms with van der Waals surface area (Å²) >= 11 is 0. The first-order valence-electron chi connectivity index (χ1n) is 5.74. The van der Waals surface area contributed by atoms with Gasteiger partial charge in [0.15, 0.2) is 0 Å². The van der Waals surface area contributed by atoms with E-state index in [1.165, 1.54) is 12.1 Å². The van der Waals surface area contributed by atoms with Gasteiger partial charge in [0.1, 0.15) is 11.6 Å². The first-order chi connectivity index (χ1) is 9.24. The average Bonchev–Trinajstić information content (AvgIpc) is 2.90. The summed E-state index contributed by atoms with van der Waals surface area (Å²) < 4.78 is 14.8. The van der Waals surface area contributed by atoms with Crippen molar-refractivity contribution in [3.8, 4) is 16.9 Å². The van der Waals surface area contributed by atoms with E-state index in [1.807, 2.05) is 10.6 Å². The number of nitrogen functional groups attached to an aromatic ring is 1. The van der Waals surface area contributed by atoms with Crippen LogP contribution in [0.1, 0.15) is 0 Å². The number of nitrogens with zero attached hydrogens (tertiary/aromatic N) is 3. The van der Waals surface area contributed by atoms with Gasteiger partial charge in [-0.2, -0.15) is 0 Å². The number of halogens is 1. The third-order valence-corrected chi connectivity index (χ3v) is 2.83. The maximum Gasteiger partial charge on any atom is 0.123 e. The molecule has 0 saturated heterocycles. The van der Waals surface area contributed by atoms with Gasteiger partial charge in [0.2, 0.25) is 0 Å². The topological polar surface area (TPSA) is 56.7 Å². The van der Waals surface area contributed by atoms with Crippen LogP contribution in [0.25, 0.3) is 16.9 Å². The second kappa shape index (κ2) is 4.53. The lowest BCUT2D eigenvalue weighted by atomic mass is 10.2. The molecular weight excluding hydrogens is 243 g/mol. The minimum atomic E-state index is -0.264. The van der Waals surface area contributed by atoms with E-state index in [1.54, 1.807) is 36.9 Å². The fraction of sp³-hybridized carbons (Fsp3) is 0. The summed E-state index contributed by atoms with van der Waals surface area (Å²) in [5, 5.41) is 0. The Labute approximate surface area is 109 Å². The molecule has 4 nitrogen and oxygen atoms in total. The van der Waals surface area contributed by atoms with E-state index in [0.29, 0.717) is 5.82 Å². The molecule has 0 bridgehead atoms. The van der Waals surface area contributed by atoms with Gasteiger partial charge in [-0.1, -0.05) is 0 Å². The smallest absolute Gasteiger partial charge is 0.123 e. The molecule has 3 aromatic rings. The second-order valence-corrected chi connectivity index (χ2v) is 4.10. The normalized spacial score (nSPS) is 10.6. The van der Waals surface area contributed by atoms with E-state index >= 15 is 0 Å². The van der Waals surface area contributed by atoms with Crippen LogP contribution in [0, 0.1) is 5.82 Å². The molecular formula is C14H11FN4. The summed E-state index contributed by atoms with van der Waals surface area (Å²) in [6, 6.07) is 9.84. The van der Waals surface area contributed by atoms with Crippen LogP contribution in [-0.2, 0) is 0 Å². The lowest BCUT2D eigenvalue weighted by Gasteiger charge is -2.08. The number of aromatic nitrogens is 3. The van der Waals surface area contributed by atoms with E-state index < -0.39 is 0 Å². The van der Waals surface area contributed by atoms with Gasteiger partial charge in [-0.05, 0) is 36.4 Å². The predicted octanol–water partition coefficient (Wildman–Crippen LogP) is 2.66. The van der Waals surface area contributed by atoms with Crippen LogP contribution < -0.4 is 5.73 Å². The molecule has 0 aliphatic heterocycles. The maximum atomic E-state index is 12.9. The summed E-state index contributed by atoms with van der Waals surface area (Å²) in [7, 11) is 0. The van der Waals surface area contributed by atoms with E-state index in [2.05, 4.69) is 9.97 Å². The number of imidazole rings is 1. The number of pyridine rings is 1. The summed E-state index contributed by atoms with van der Waals surface area (Å²) in [6.07, 6.45) is 5.10. The number of nitrogens with two attached hydrogens (primary N) is 1. The Balaban J connectivity index is 2.07. The minimum Gasteiger partial charge on any atom is -0.384 e. The van der Waals surface area contributed by atoms with Crippen LogP contribution >= 0.6 is 0 Å². The van der Waals surface area contributed by atoms with Crippen LogP contribution in [0.3, 0.4) is 0 Å². The van der Waals surface area contributed by atoms with Gasteiger partial charge >= 0.3 is 0 Å². The number of anilines is 1. The molecule has 0 spiro atoms. The Morgan fingerprint density at radius 3 is 2.47 bits per heavy atom. The van der Waals surface area contributed by atoms with Gasteiger partial charge in [-0.15, -0.1) is 0 Å². The van der Waals surface area contributed by atoms with Crippen LogP contribution in [0.2, 0.25) is 0 Å². The molecule has 5 heteroatoms. The van der Waals surface area contributed by atoms with E-state index in [9.17, 15) is 4.39 Å². The van der Waals surface area contributed by atoms with Crippen LogP contribution in [0.5, 0.6) is 0 Å². The molecule has 0 unspecified atom stereocenters. The van der Waals surface area contributed by atoms with Gasteiger partial charge in [-0.25, -0.2) is 14.4 Å². The molecule has 94 valence electrons. The molecule has 2 heterocycles. The molecule has 0 atom stereocenters. The highest BCUT2D eigenvalue weighted by Crippen LogP contribution is 2.22. The van der Waals surface area contributed by atoms with Crippen molar-refractivity contribution < 1.29 is 4.39 Å². The monoisotopic (exact) mass is 254 g/mol. The van der Waals surface area contributed by atoms with Crippen molar-refractivity contribution >= 4 is 5.82 Å². The van der Waals surface area contributed by atoms with Crippen molar-refractivity contribution in [2.75, 3.05) is 5.73 Å². The highest BCUT2D eigenvalue weighted by Gasteiger charge is 2.07. The summed E-state index contributed by atoms with van der Waals surface area (Å²) in [5.41, 5.74) is 8.18. The molecule has 0 aliphatic carbocycles. The molecule has 0 fully saturated rings. The van der Waals surface area contributed by atoms with Gasteiger partial charge in [0.05, 0.1) is 18.2 Å². The highest BCUT2D eigenvalue weighted by atomic mass is 19.1. The van der Waals surface area contributed by atoms with E-state index in [0.717, 1.165) is 16.9 Å². The van der Waals surface area contributed by atoms with Crippen molar-refractivity contribution in [3.05, 3.63) is 60.9 Å². The van der Waals surface area contributed by atoms with Crippen molar-refractivity contribution in [3.63, 3.8) is 0 Å². The number of hydrogen-bond acceptors (Lipinski definition) is 3. The van der Waals surface area contributed by atoms with Gasteiger partial charge in [0.25, 0.3) is 0 Å². The average molecular weight is 254 g/mol. The van der Waals surface area contributed by atoms with Gasteiger partial charge in [-0.3, -0.25) is 4.57 Å². The number of rotatable bonds is 2. The number of hydrogen-bond donors (Lipinski definition) is 1. The molecule has 2 N–H and O–H groups in total. The lowest BCUT2D eigenvalue weighted by molar-refractivity contribution is 0.627. The molecule has 19 heavy (non-hydrogen) atoms. The van der Waals surface area contributed by atoms with Crippen LogP contribution in [-0.4, -0.2) is 14.5 Å². The van der Waals surface area contributed by atoms with Gasteiger partial charge in [0, 0.05) is 17.4 Å². The fourth-order valence-electron chi connectivity index (χ4n) is 1.87. The highest BCUT2D eigenvalue weighted by molar-refractivity contribution is 5.61. The third-order valence-electron chi connectivity index (χ3n) is 2.83. The largest absolute Gasteiger partial charge is 0.384 e. The quantitative estimate of drug-likeness (QED) is 0.764. The first kappa shape index (κ1) is 11.4. The molecule has 2 aromatic heterocycles. The predicted molar refractivity (Wildman–Crippen MR) is 71.2 cm³/mol. The summed E-state index contributed by atoms with van der Waals surface area (Å²) in [4.78, 5) is 8.19. The van der Waals surface area contributed by atoms with E-state index in [4.69, 9.17) is 5.73 Å². The summed E-state index contributed by atoms with van der Waals surface area (Å²) in [5.74, 6) is 0.205. The molecule has 0 saturated carbocycles. The minimum absolute atomic E-state index is 0.264. The van der Waals surface area contributed by atoms with Crippen LogP contribution in [0.4, 0.5) is 10.2 Å². The Hall–Kier alpha value is -2.69. The van der Waals surface area contributed by atoms with E-state index in [-0.39, 0.29) is 5.82 Å². The summed E-state index contributed by atoms with van der Waals surface area (Å²) in [6.45, 7) is 0. The van der Waals surface area contributed by atoms with Gasteiger partial charge < -0.3 is 5.73 Å². The van der Waals surface area contributed by atoms with Crippen molar-refractivity contribution in [2.45, 2.75) is 0 Å². The third kappa shape index (κ3) is 2.18. The zero-order chi connectivity index (χ0) is 13.2. The second-order valence-electron chi connectivity index (χ2n) is 4.10. The van der Waals surface area contributed by atoms with Crippen LogP contribution in [0.15, 0.2) is 55.1 Å². The lowest BCUT2D eigenvalue weighted by Crippen LogP contribution is -1.96. The molecule has 0 aliphatic rings. The molecule has 1 aromatic carbocycles. The molecule has 3 rings (SSSR count). The van der Waals surface area contributed by atoms with Crippen molar-refractivity contribution in [2.24, 2.45) is 0 Å². The zero-order valence-electron chi connectivity index (χ0n) is 9.99. The Morgan fingerprint density at radius 2 is 1.79 bits per heavy atom. The first-order valence-corrected chi connectivity index (χ1v) is 5.74. The SMILES string of the molecule is Nc1ccc(-c2cncn2-c2ccc(F)cc2)cn1. The molecule has 0 amide bonds. The fourth-order valence-corrected chi connectivity index (χ4v) is 1.87. The number of benzene rings is 1. The maximum absolute atomic E-state index is 12.9. The Bertz CT molecular complexity index is 626. The van der Waals surface area contributed by atoms with Crippen molar-refractivity contribution in [1.82, 2.24) is 14.5 Å². The van der Waals surface area contributed by atoms with Crippen molar-refractivity contribution in [1.29, 1.82) is 0 Å². The standard InChI is InChI=1S/C14H11FN4/c15-11-2-4-12(5-3-11)19-9-17-8-13(19)10-1-6-14(16)18-7-10/h1-9H,(H2,16,18). The Kier molecular flexibility index (Phi) is 2.72. The Morgan fingerprint density at radius 1 is 1.00 bits per heavy atom.